The highest BCUT2D eigenvalue weighted by atomic mass is 79.9. The average molecular weight is 345 g/mol. The van der Waals surface area contributed by atoms with Gasteiger partial charge in [0.25, 0.3) is 0 Å². The van der Waals surface area contributed by atoms with E-state index in [0.717, 1.165) is 10.0 Å². The molecule has 19 heavy (non-hydrogen) atoms. The summed E-state index contributed by atoms with van der Waals surface area (Å²) >= 11 is 3.38. The normalized spacial score (nSPS) is 26.3. The molecule has 0 bridgehead atoms. The van der Waals surface area contributed by atoms with Crippen LogP contribution < -0.4 is 0 Å². The highest BCUT2D eigenvalue weighted by Gasteiger charge is 2.38. The molecule has 1 heterocycles. The molecule has 4 nitrogen and oxygen atoms in total. The van der Waals surface area contributed by atoms with Crippen LogP contribution >= 0.6 is 15.9 Å². The second kappa shape index (κ2) is 5.73. The predicted octanol–water partition coefficient (Wildman–Crippen LogP) is 1.60. The van der Waals surface area contributed by atoms with Gasteiger partial charge in [0.15, 0.2) is 9.84 Å². The molecule has 0 spiro atoms. The van der Waals surface area contributed by atoms with Gasteiger partial charge in [-0.25, -0.2) is 8.42 Å². The van der Waals surface area contributed by atoms with Crippen LogP contribution in [0.25, 0.3) is 0 Å². The Morgan fingerprint density at radius 1 is 1.26 bits per heavy atom. The van der Waals surface area contributed by atoms with E-state index in [-0.39, 0.29) is 23.6 Å². The van der Waals surface area contributed by atoms with Crippen LogP contribution in [-0.2, 0) is 9.84 Å². The highest BCUT2D eigenvalue weighted by molar-refractivity contribution is 9.10. The Morgan fingerprint density at radius 2 is 1.89 bits per heavy atom. The maximum atomic E-state index is 11.7. The third-order valence-electron chi connectivity index (χ3n) is 3.24. The van der Waals surface area contributed by atoms with E-state index in [1.54, 1.807) is 6.21 Å². The van der Waals surface area contributed by atoms with Gasteiger partial charge >= 0.3 is 0 Å². The minimum absolute atomic E-state index is 0.0308. The molecule has 1 fully saturated rings. The number of hydrogen-bond acceptors (Lipinski definition) is 4. The summed E-state index contributed by atoms with van der Waals surface area (Å²) in [6, 6.07) is 7.57. The summed E-state index contributed by atoms with van der Waals surface area (Å²) in [6.07, 6.45) is 1.76. The number of halogens is 1. The summed E-state index contributed by atoms with van der Waals surface area (Å²) in [5, 5.41) is 0. The summed E-state index contributed by atoms with van der Waals surface area (Å²) in [5.74, 6) is 0.339. The molecule has 1 aliphatic rings. The van der Waals surface area contributed by atoms with Crippen molar-refractivity contribution < 1.29 is 8.42 Å². The Morgan fingerprint density at radius 3 is 2.47 bits per heavy atom. The van der Waals surface area contributed by atoms with Crippen molar-refractivity contribution in [3.63, 3.8) is 0 Å². The molecule has 1 saturated heterocycles. The number of rotatable bonds is 3. The smallest absolute Gasteiger partial charge is 0.154 e. The van der Waals surface area contributed by atoms with E-state index < -0.39 is 9.84 Å². The third-order valence-corrected chi connectivity index (χ3v) is 5.47. The molecular formula is C13H17BrN2O2S. The first-order chi connectivity index (χ1) is 8.87. The van der Waals surface area contributed by atoms with Crippen LogP contribution in [0.1, 0.15) is 5.56 Å². The second-order valence-electron chi connectivity index (χ2n) is 5.00. The first-order valence-electron chi connectivity index (χ1n) is 6.03. The lowest BCUT2D eigenvalue weighted by atomic mass is 10.1. The Labute approximate surface area is 122 Å². The van der Waals surface area contributed by atoms with Crippen molar-refractivity contribution in [2.45, 2.75) is 12.1 Å². The van der Waals surface area contributed by atoms with Crippen molar-refractivity contribution in [1.82, 2.24) is 4.90 Å². The van der Waals surface area contributed by atoms with E-state index in [9.17, 15) is 8.42 Å². The molecule has 0 aliphatic carbocycles. The molecule has 1 aromatic carbocycles. The average Bonchev–Trinajstić information content (AvgIpc) is 2.64. The van der Waals surface area contributed by atoms with E-state index in [1.807, 2.05) is 43.3 Å². The van der Waals surface area contributed by atoms with Gasteiger partial charge < -0.3 is 4.90 Å². The summed E-state index contributed by atoms with van der Waals surface area (Å²) in [5.41, 5.74) is 0.977. The summed E-state index contributed by atoms with van der Waals surface area (Å²) in [4.78, 5) is 6.40. The molecule has 0 aromatic heterocycles. The van der Waals surface area contributed by atoms with Crippen molar-refractivity contribution >= 4 is 32.0 Å². The SMILES string of the molecule is CN(C)[C@H]1CS(=O)(=O)C[C@@H]1N=Cc1ccc(Br)cc1. The van der Waals surface area contributed by atoms with Gasteiger partial charge in [0, 0.05) is 16.7 Å². The van der Waals surface area contributed by atoms with Gasteiger partial charge in [0.05, 0.1) is 17.5 Å². The summed E-state index contributed by atoms with van der Waals surface area (Å²) < 4.78 is 24.4. The summed E-state index contributed by atoms with van der Waals surface area (Å²) in [7, 11) is 0.829. The van der Waals surface area contributed by atoms with Gasteiger partial charge in [-0.05, 0) is 31.8 Å². The van der Waals surface area contributed by atoms with Gasteiger partial charge in [-0.1, -0.05) is 28.1 Å². The number of likely N-dealkylation sites (N-methyl/N-ethyl adjacent to an activating group) is 1. The standard InChI is InChI=1S/C13H17BrN2O2S/c1-16(2)13-9-19(17,18)8-12(13)15-7-10-3-5-11(14)6-4-10/h3-7,12-13H,8-9H2,1-2H3/t12-,13-/m0/s1. The molecule has 0 radical (unpaired) electrons. The molecule has 104 valence electrons. The Bertz CT molecular complexity index is 567. The lowest BCUT2D eigenvalue weighted by molar-refractivity contribution is 0.297. The topological polar surface area (TPSA) is 49.7 Å². The maximum Gasteiger partial charge on any atom is 0.154 e. The van der Waals surface area contributed by atoms with Gasteiger partial charge in [-0.15, -0.1) is 0 Å². The van der Waals surface area contributed by atoms with Crippen molar-refractivity contribution in [1.29, 1.82) is 0 Å². The Balaban J connectivity index is 2.15. The fraction of sp³-hybridized carbons (Fsp3) is 0.462. The molecule has 1 aromatic rings. The van der Waals surface area contributed by atoms with E-state index in [2.05, 4.69) is 20.9 Å². The zero-order valence-electron chi connectivity index (χ0n) is 11.0. The lowest BCUT2D eigenvalue weighted by Crippen LogP contribution is -2.37. The minimum atomic E-state index is -2.96. The number of aliphatic imine (C=N–C) groups is 1. The van der Waals surface area contributed by atoms with Crippen LogP contribution in [0.5, 0.6) is 0 Å². The van der Waals surface area contributed by atoms with E-state index in [4.69, 9.17) is 0 Å². The van der Waals surface area contributed by atoms with Gasteiger partial charge in [0.1, 0.15) is 0 Å². The number of nitrogens with zero attached hydrogens (tertiary/aromatic N) is 2. The first kappa shape index (κ1) is 14.7. The number of sulfone groups is 1. The van der Waals surface area contributed by atoms with Crippen LogP contribution in [0.15, 0.2) is 33.7 Å². The molecule has 6 heteroatoms. The zero-order valence-corrected chi connectivity index (χ0v) is 13.4. The molecule has 0 saturated carbocycles. The molecule has 0 unspecified atom stereocenters. The number of hydrogen-bond donors (Lipinski definition) is 0. The Kier molecular flexibility index (Phi) is 4.43. The first-order valence-corrected chi connectivity index (χ1v) is 8.64. The maximum absolute atomic E-state index is 11.7. The highest BCUT2D eigenvalue weighted by Crippen LogP contribution is 2.19. The second-order valence-corrected chi connectivity index (χ2v) is 8.07. The van der Waals surface area contributed by atoms with E-state index >= 15 is 0 Å². The van der Waals surface area contributed by atoms with Crippen molar-refractivity contribution in [2.75, 3.05) is 25.6 Å². The quantitative estimate of drug-likeness (QED) is 0.782. The predicted molar refractivity (Wildman–Crippen MR) is 81.7 cm³/mol. The summed E-state index contributed by atoms with van der Waals surface area (Å²) in [6.45, 7) is 0. The van der Waals surface area contributed by atoms with E-state index in [1.165, 1.54) is 0 Å². The Hall–Kier alpha value is -0.720. The lowest BCUT2D eigenvalue weighted by Gasteiger charge is -2.21. The van der Waals surface area contributed by atoms with Crippen LogP contribution in [0.2, 0.25) is 0 Å². The third kappa shape index (κ3) is 3.87. The molecular weight excluding hydrogens is 328 g/mol. The van der Waals surface area contributed by atoms with Crippen molar-refractivity contribution in [3.8, 4) is 0 Å². The molecule has 2 atom stereocenters. The molecule has 0 amide bonds. The van der Waals surface area contributed by atoms with Gasteiger partial charge in [0.2, 0.25) is 0 Å². The molecule has 2 rings (SSSR count). The monoisotopic (exact) mass is 344 g/mol. The molecule has 0 N–H and O–H groups in total. The van der Waals surface area contributed by atoms with Crippen LogP contribution in [0.4, 0.5) is 0 Å². The van der Waals surface area contributed by atoms with Crippen LogP contribution in [0, 0.1) is 0 Å². The van der Waals surface area contributed by atoms with Gasteiger partial charge in [-0.2, -0.15) is 0 Å². The fourth-order valence-electron chi connectivity index (χ4n) is 2.18. The van der Waals surface area contributed by atoms with Gasteiger partial charge in [-0.3, -0.25) is 4.99 Å². The van der Waals surface area contributed by atoms with Crippen LogP contribution in [0.3, 0.4) is 0 Å². The van der Waals surface area contributed by atoms with Crippen molar-refractivity contribution in [3.05, 3.63) is 34.3 Å². The largest absolute Gasteiger partial charge is 0.303 e. The van der Waals surface area contributed by atoms with Crippen LogP contribution in [-0.4, -0.2) is 57.2 Å². The number of benzene rings is 1. The van der Waals surface area contributed by atoms with Crippen molar-refractivity contribution in [2.24, 2.45) is 4.99 Å². The minimum Gasteiger partial charge on any atom is -0.303 e. The zero-order chi connectivity index (χ0) is 14.0. The van der Waals surface area contributed by atoms with E-state index in [0.29, 0.717) is 0 Å². The molecule has 1 aliphatic heterocycles. The fourth-order valence-corrected chi connectivity index (χ4v) is 4.45.